The van der Waals surface area contributed by atoms with Crippen LogP contribution in [0, 0.1) is 13.8 Å². The van der Waals surface area contributed by atoms with E-state index in [9.17, 15) is 0 Å². The van der Waals surface area contributed by atoms with Crippen molar-refractivity contribution in [2.45, 2.75) is 45.8 Å². The highest BCUT2D eigenvalue weighted by molar-refractivity contribution is 5.52. The molecule has 0 amide bonds. The number of nitrogens with one attached hydrogen (secondary N) is 1. The van der Waals surface area contributed by atoms with Crippen LogP contribution < -0.4 is 10.2 Å². The van der Waals surface area contributed by atoms with Crippen LogP contribution in [0.4, 0.5) is 5.69 Å². The fraction of sp³-hybridized carbons (Fsp3) is 0.444. The number of para-hydroxylation sites is 1. The molecule has 0 spiro atoms. The molecule has 0 bridgehead atoms. The third kappa shape index (κ3) is 3.48. The van der Waals surface area contributed by atoms with E-state index in [0.29, 0.717) is 6.04 Å². The normalized spacial score (nSPS) is 14.4. The van der Waals surface area contributed by atoms with Crippen molar-refractivity contribution in [3.63, 3.8) is 0 Å². The Kier molecular flexibility index (Phi) is 4.02. The smallest absolute Gasteiger partial charge is 0.123 e. The maximum Gasteiger partial charge on any atom is 0.123 e. The molecule has 1 aliphatic rings. The summed E-state index contributed by atoms with van der Waals surface area (Å²) in [7, 11) is 2.11. The molecule has 0 radical (unpaired) electrons. The summed E-state index contributed by atoms with van der Waals surface area (Å²) in [6, 6.07) is 11.3. The maximum absolute atomic E-state index is 6.02. The maximum atomic E-state index is 6.02. The predicted molar refractivity (Wildman–Crippen MR) is 86.6 cm³/mol. The van der Waals surface area contributed by atoms with E-state index >= 15 is 0 Å². The summed E-state index contributed by atoms with van der Waals surface area (Å²) >= 11 is 0. The van der Waals surface area contributed by atoms with Crippen LogP contribution in [0.2, 0.25) is 0 Å². The standard InChI is InChI=1S/C18H24N2O/c1-13-6-4-5-7-17(13)20(3)12-16-10-14(2)18(21-16)11-19-15-8-9-15/h4-7,10,15,19H,8-9,11-12H2,1-3H3. The van der Waals surface area contributed by atoms with E-state index in [2.05, 4.69) is 61.4 Å². The van der Waals surface area contributed by atoms with Gasteiger partial charge in [0.25, 0.3) is 0 Å². The van der Waals surface area contributed by atoms with Gasteiger partial charge in [-0.15, -0.1) is 0 Å². The molecule has 3 rings (SSSR count). The lowest BCUT2D eigenvalue weighted by Gasteiger charge is -2.20. The number of aryl methyl sites for hydroxylation is 2. The molecule has 0 atom stereocenters. The van der Waals surface area contributed by atoms with Gasteiger partial charge in [0.15, 0.2) is 0 Å². The second-order valence-electron chi connectivity index (χ2n) is 6.12. The first kappa shape index (κ1) is 14.2. The van der Waals surface area contributed by atoms with Gasteiger partial charge in [0.05, 0.1) is 13.1 Å². The van der Waals surface area contributed by atoms with Gasteiger partial charge in [-0.05, 0) is 49.9 Å². The molecule has 0 unspecified atom stereocenters. The minimum absolute atomic E-state index is 0.715. The van der Waals surface area contributed by atoms with Crippen LogP contribution in [0.1, 0.15) is 35.5 Å². The molecule has 0 aliphatic heterocycles. The van der Waals surface area contributed by atoms with Crippen molar-refractivity contribution in [1.82, 2.24) is 5.32 Å². The molecule has 1 heterocycles. The minimum Gasteiger partial charge on any atom is -0.463 e. The van der Waals surface area contributed by atoms with Gasteiger partial charge in [0, 0.05) is 18.8 Å². The Hall–Kier alpha value is -1.74. The highest BCUT2D eigenvalue weighted by Gasteiger charge is 2.21. The summed E-state index contributed by atoms with van der Waals surface area (Å²) in [5.41, 5.74) is 3.79. The molecule has 1 saturated carbocycles. The molecule has 2 aromatic rings. The Bertz CT molecular complexity index is 613. The lowest BCUT2D eigenvalue weighted by molar-refractivity contribution is 0.443. The fourth-order valence-corrected chi connectivity index (χ4v) is 2.68. The van der Waals surface area contributed by atoms with Gasteiger partial charge in [-0.1, -0.05) is 18.2 Å². The first-order valence-electron chi connectivity index (χ1n) is 7.72. The molecule has 1 fully saturated rings. The number of nitrogens with zero attached hydrogens (tertiary/aromatic N) is 1. The highest BCUT2D eigenvalue weighted by Crippen LogP contribution is 2.23. The van der Waals surface area contributed by atoms with Gasteiger partial charge in [-0.25, -0.2) is 0 Å². The largest absolute Gasteiger partial charge is 0.463 e. The molecule has 1 aromatic carbocycles. The van der Waals surface area contributed by atoms with Crippen molar-refractivity contribution in [2.24, 2.45) is 0 Å². The molecule has 1 N–H and O–H groups in total. The third-order valence-electron chi connectivity index (χ3n) is 4.12. The van der Waals surface area contributed by atoms with Crippen LogP contribution in [-0.2, 0) is 13.1 Å². The average Bonchev–Trinajstić information content (AvgIpc) is 3.21. The summed E-state index contributed by atoms with van der Waals surface area (Å²) in [5, 5.41) is 3.51. The number of rotatable bonds is 6. The van der Waals surface area contributed by atoms with Gasteiger partial charge in [0.2, 0.25) is 0 Å². The van der Waals surface area contributed by atoms with Crippen LogP contribution in [0.15, 0.2) is 34.7 Å². The Morgan fingerprint density at radius 3 is 2.67 bits per heavy atom. The van der Waals surface area contributed by atoms with Crippen molar-refractivity contribution in [1.29, 1.82) is 0 Å². The van der Waals surface area contributed by atoms with Crippen LogP contribution >= 0.6 is 0 Å². The zero-order valence-corrected chi connectivity index (χ0v) is 13.1. The summed E-state index contributed by atoms with van der Waals surface area (Å²) in [6.45, 7) is 5.93. The Morgan fingerprint density at radius 2 is 1.95 bits per heavy atom. The number of benzene rings is 1. The van der Waals surface area contributed by atoms with Gasteiger partial charge < -0.3 is 14.6 Å². The highest BCUT2D eigenvalue weighted by atomic mass is 16.3. The molecule has 21 heavy (non-hydrogen) atoms. The van der Waals surface area contributed by atoms with E-state index in [1.807, 2.05) is 0 Å². The summed E-state index contributed by atoms with van der Waals surface area (Å²) in [4.78, 5) is 2.24. The number of furan rings is 1. The lowest BCUT2D eigenvalue weighted by Crippen LogP contribution is -2.17. The predicted octanol–water partition coefficient (Wildman–Crippen LogP) is 3.78. The van der Waals surface area contributed by atoms with E-state index in [1.54, 1.807) is 0 Å². The summed E-state index contributed by atoms with van der Waals surface area (Å²) < 4.78 is 6.02. The van der Waals surface area contributed by atoms with E-state index in [1.165, 1.54) is 29.7 Å². The van der Waals surface area contributed by atoms with Crippen molar-refractivity contribution in [2.75, 3.05) is 11.9 Å². The van der Waals surface area contributed by atoms with E-state index in [4.69, 9.17) is 4.42 Å². The number of anilines is 1. The second-order valence-corrected chi connectivity index (χ2v) is 6.12. The lowest BCUT2D eigenvalue weighted by atomic mass is 10.2. The molecule has 3 nitrogen and oxygen atoms in total. The van der Waals surface area contributed by atoms with E-state index in [-0.39, 0.29) is 0 Å². The summed E-state index contributed by atoms with van der Waals surface area (Å²) in [5.74, 6) is 2.11. The van der Waals surface area contributed by atoms with Gasteiger partial charge in [0.1, 0.15) is 11.5 Å². The Balaban J connectivity index is 1.66. The molecular weight excluding hydrogens is 260 g/mol. The first-order valence-corrected chi connectivity index (χ1v) is 7.72. The second kappa shape index (κ2) is 5.94. The van der Waals surface area contributed by atoms with Crippen LogP contribution in [-0.4, -0.2) is 13.1 Å². The van der Waals surface area contributed by atoms with Gasteiger partial charge in [-0.3, -0.25) is 0 Å². The van der Waals surface area contributed by atoms with Crippen molar-refractivity contribution in [3.05, 3.63) is 53.0 Å². The quantitative estimate of drug-likeness (QED) is 0.875. The van der Waals surface area contributed by atoms with Gasteiger partial charge >= 0.3 is 0 Å². The number of hydrogen-bond donors (Lipinski definition) is 1. The van der Waals surface area contributed by atoms with Crippen molar-refractivity contribution < 1.29 is 4.42 Å². The Morgan fingerprint density at radius 1 is 1.19 bits per heavy atom. The Labute approximate surface area is 127 Å². The molecule has 112 valence electrons. The third-order valence-corrected chi connectivity index (χ3v) is 4.12. The zero-order valence-electron chi connectivity index (χ0n) is 13.1. The van der Waals surface area contributed by atoms with Gasteiger partial charge in [-0.2, -0.15) is 0 Å². The van der Waals surface area contributed by atoms with Crippen LogP contribution in [0.3, 0.4) is 0 Å². The van der Waals surface area contributed by atoms with Crippen molar-refractivity contribution >= 4 is 5.69 Å². The summed E-state index contributed by atoms with van der Waals surface area (Å²) in [6.07, 6.45) is 2.62. The molecule has 0 saturated heterocycles. The van der Waals surface area contributed by atoms with E-state index < -0.39 is 0 Å². The minimum atomic E-state index is 0.715. The SMILES string of the molecule is Cc1ccccc1N(C)Cc1cc(C)c(CNC2CC2)o1. The zero-order chi connectivity index (χ0) is 14.8. The monoisotopic (exact) mass is 284 g/mol. The van der Waals surface area contributed by atoms with Crippen LogP contribution in [0.25, 0.3) is 0 Å². The molecule has 1 aliphatic carbocycles. The molecule has 1 aromatic heterocycles. The topological polar surface area (TPSA) is 28.4 Å². The van der Waals surface area contributed by atoms with E-state index in [0.717, 1.165) is 24.6 Å². The fourth-order valence-electron chi connectivity index (χ4n) is 2.68. The average molecular weight is 284 g/mol. The number of hydrogen-bond acceptors (Lipinski definition) is 3. The first-order chi connectivity index (χ1) is 10.1. The van der Waals surface area contributed by atoms with Crippen LogP contribution in [0.5, 0.6) is 0 Å². The van der Waals surface area contributed by atoms with Crippen molar-refractivity contribution in [3.8, 4) is 0 Å². The molecule has 3 heteroatoms. The molecular formula is C18H24N2O.